The van der Waals surface area contributed by atoms with Gasteiger partial charge < -0.3 is 10.6 Å². The summed E-state index contributed by atoms with van der Waals surface area (Å²) in [6, 6.07) is 8.04. The van der Waals surface area contributed by atoms with Crippen LogP contribution in [0.3, 0.4) is 0 Å². The number of aromatic nitrogens is 2. The average Bonchev–Trinajstić information content (AvgIpc) is 2.42. The molecule has 0 unspecified atom stereocenters. The Hall–Kier alpha value is -1.62. The maximum Gasteiger partial charge on any atom is 0.139 e. The molecule has 1 heterocycles. The van der Waals surface area contributed by atoms with E-state index in [4.69, 9.17) is 0 Å². The summed E-state index contributed by atoms with van der Waals surface area (Å²) < 4.78 is 1.04. The molecule has 0 fully saturated rings. The van der Waals surface area contributed by atoms with Gasteiger partial charge in [0.2, 0.25) is 0 Å². The summed E-state index contributed by atoms with van der Waals surface area (Å²) in [5.41, 5.74) is 2.03. The molecule has 1 aromatic heterocycles. The first kappa shape index (κ1) is 14.8. The number of hydrogen-bond acceptors (Lipinski definition) is 4. The van der Waals surface area contributed by atoms with Crippen LogP contribution in [0.5, 0.6) is 0 Å². The third-order valence-corrected chi connectivity index (χ3v) is 3.48. The molecule has 0 radical (unpaired) electrons. The Bertz CT molecular complexity index is 598. The van der Waals surface area contributed by atoms with Gasteiger partial charge in [-0.15, -0.1) is 0 Å². The van der Waals surface area contributed by atoms with E-state index in [0.29, 0.717) is 0 Å². The molecule has 0 saturated carbocycles. The van der Waals surface area contributed by atoms with E-state index in [0.717, 1.165) is 46.0 Å². The summed E-state index contributed by atoms with van der Waals surface area (Å²) in [7, 11) is 1.88. The van der Waals surface area contributed by atoms with E-state index in [9.17, 15) is 0 Å². The van der Waals surface area contributed by atoms with Crippen molar-refractivity contribution in [3.63, 3.8) is 0 Å². The van der Waals surface area contributed by atoms with Crippen molar-refractivity contribution in [3.05, 3.63) is 40.1 Å². The minimum absolute atomic E-state index is 0.853. The fourth-order valence-corrected chi connectivity index (χ4v) is 2.37. The lowest BCUT2D eigenvalue weighted by molar-refractivity contribution is 0.835. The molecule has 2 rings (SSSR count). The van der Waals surface area contributed by atoms with Gasteiger partial charge in [-0.05, 0) is 31.5 Å². The van der Waals surface area contributed by atoms with Crippen molar-refractivity contribution in [2.24, 2.45) is 0 Å². The molecule has 2 aromatic rings. The topological polar surface area (TPSA) is 49.8 Å². The largest absolute Gasteiger partial charge is 0.373 e. The highest BCUT2D eigenvalue weighted by atomic mass is 79.9. The molecule has 0 aliphatic heterocycles. The van der Waals surface area contributed by atoms with Crippen LogP contribution in [0, 0.1) is 6.92 Å². The first-order valence-corrected chi connectivity index (χ1v) is 7.51. The van der Waals surface area contributed by atoms with E-state index >= 15 is 0 Å². The highest BCUT2D eigenvalue weighted by Crippen LogP contribution is 2.25. The van der Waals surface area contributed by atoms with Crippen molar-refractivity contribution < 1.29 is 0 Å². The van der Waals surface area contributed by atoms with E-state index in [1.165, 1.54) is 0 Å². The Balaban J connectivity index is 2.36. The molecule has 0 aliphatic rings. The molecule has 1 aromatic carbocycles. The second kappa shape index (κ2) is 6.70. The van der Waals surface area contributed by atoms with Crippen LogP contribution in [0.1, 0.15) is 24.7 Å². The zero-order chi connectivity index (χ0) is 14.5. The second-order valence-corrected chi connectivity index (χ2v) is 5.51. The predicted molar refractivity (Wildman–Crippen MR) is 87.7 cm³/mol. The van der Waals surface area contributed by atoms with Crippen LogP contribution in [-0.4, -0.2) is 17.0 Å². The molecule has 0 bridgehead atoms. The van der Waals surface area contributed by atoms with E-state index in [1.807, 2.05) is 38.2 Å². The quantitative estimate of drug-likeness (QED) is 0.856. The molecule has 2 N–H and O–H groups in total. The summed E-state index contributed by atoms with van der Waals surface area (Å²) in [6.45, 7) is 4.14. The molecule has 0 saturated heterocycles. The van der Waals surface area contributed by atoms with Crippen molar-refractivity contribution in [2.45, 2.75) is 26.7 Å². The Labute approximate surface area is 128 Å². The fourth-order valence-electron chi connectivity index (χ4n) is 1.97. The van der Waals surface area contributed by atoms with Gasteiger partial charge in [0.25, 0.3) is 0 Å². The van der Waals surface area contributed by atoms with Gasteiger partial charge in [0.15, 0.2) is 0 Å². The number of hydrogen-bond donors (Lipinski definition) is 2. The normalized spacial score (nSPS) is 10.4. The molecule has 0 spiro atoms. The molecule has 106 valence electrons. The zero-order valence-corrected chi connectivity index (χ0v) is 13.6. The number of halogens is 1. The lowest BCUT2D eigenvalue weighted by Gasteiger charge is -2.13. The summed E-state index contributed by atoms with van der Waals surface area (Å²) in [4.78, 5) is 9.15. The van der Waals surface area contributed by atoms with Crippen LogP contribution in [0.25, 0.3) is 0 Å². The highest BCUT2D eigenvalue weighted by molar-refractivity contribution is 9.10. The minimum atomic E-state index is 0.853. The predicted octanol–water partition coefficient (Wildman–Crippen LogP) is 4.29. The number of rotatable bonds is 5. The van der Waals surface area contributed by atoms with Crippen molar-refractivity contribution in [2.75, 3.05) is 17.7 Å². The third kappa shape index (κ3) is 3.48. The van der Waals surface area contributed by atoms with Crippen molar-refractivity contribution in [1.29, 1.82) is 0 Å². The third-order valence-electron chi connectivity index (χ3n) is 2.99. The number of benzene rings is 1. The molecule has 0 amide bonds. The van der Waals surface area contributed by atoms with Crippen molar-refractivity contribution >= 4 is 33.3 Å². The van der Waals surface area contributed by atoms with Crippen LogP contribution < -0.4 is 10.6 Å². The van der Waals surface area contributed by atoms with Gasteiger partial charge in [0.1, 0.15) is 17.5 Å². The maximum absolute atomic E-state index is 4.62. The molecule has 0 aliphatic carbocycles. The Kier molecular flexibility index (Phi) is 4.95. The summed E-state index contributed by atoms with van der Waals surface area (Å²) in [5.74, 6) is 2.59. The van der Waals surface area contributed by atoms with Gasteiger partial charge in [-0.25, -0.2) is 9.97 Å². The average molecular weight is 335 g/mol. The van der Waals surface area contributed by atoms with E-state index in [1.54, 1.807) is 0 Å². The first-order chi connectivity index (χ1) is 9.63. The number of nitrogens with one attached hydrogen (secondary N) is 2. The van der Waals surface area contributed by atoms with Crippen LogP contribution in [0.15, 0.2) is 28.7 Å². The van der Waals surface area contributed by atoms with Gasteiger partial charge in [0, 0.05) is 29.2 Å². The molecular formula is C15H19BrN4. The van der Waals surface area contributed by atoms with E-state index < -0.39 is 0 Å². The van der Waals surface area contributed by atoms with Crippen LogP contribution in [-0.2, 0) is 6.42 Å². The van der Waals surface area contributed by atoms with Gasteiger partial charge in [-0.3, -0.25) is 0 Å². The molecule has 20 heavy (non-hydrogen) atoms. The number of nitrogens with zero attached hydrogens (tertiary/aromatic N) is 2. The van der Waals surface area contributed by atoms with Crippen LogP contribution >= 0.6 is 15.9 Å². The van der Waals surface area contributed by atoms with E-state index in [2.05, 4.69) is 43.5 Å². The maximum atomic E-state index is 4.62. The Morgan fingerprint density at radius 3 is 2.60 bits per heavy atom. The molecule has 4 nitrogen and oxygen atoms in total. The lowest BCUT2D eigenvalue weighted by Crippen LogP contribution is -2.07. The van der Waals surface area contributed by atoms with Gasteiger partial charge in [-0.1, -0.05) is 28.9 Å². The molecule has 5 heteroatoms. The molecule has 0 atom stereocenters. The van der Waals surface area contributed by atoms with Crippen LogP contribution in [0.4, 0.5) is 17.3 Å². The fraction of sp³-hybridized carbons (Fsp3) is 0.333. The molecular weight excluding hydrogens is 316 g/mol. The summed E-state index contributed by atoms with van der Waals surface area (Å²) in [5, 5.41) is 6.50. The monoisotopic (exact) mass is 334 g/mol. The zero-order valence-electron chi connectivity index (χ0n) is 12.0. The van der Waals surface area contributed by atoms with Crippen molar-refractivity contribution in [3.8, 4) is 0 Å². The van der Waals surface area contributed by atoms with E-state index in [-0.39, 0.29) is 0 Å². The van der Waals surface area contributed by atoms with Crippen molar-refractivity contribution in [1.82, 2.24) is 9.97 Å². The SMILES string of the molecule is CCCc1nc(NC)c(C)c(Nc2cccc(Br)c2)n1. The van der Waals surface area contributed by atoms with Gasteiger partial charge >= 0.3 is 0 Å². The number of anilines is 3. The first-order valence-electron chi connectivity index (χ1n) is 6.72. The highest BCUT2D eigenvalue weighted by Gasteiger charge is 2.10. The van der Waals surface area contributed by atoms with Crippen LogP contribution in [0.2, 0.25) is 0 Å². The Morgan fingerprint density at radius 1 is 1.20 bits per heavy atom. The summed E-state index contributed by atoms with van der Waals surface area (Å²) >= 11 is 3.48. The minimum Gasteiger partial charge on any atom is -0.373 e. The standard InChI is InChI=1S/C15H19BrN4/c1-4-6-13-19-14(17-3)10(2)15(20-13)18-12-8-5-7-11(16)9-12/h5,7-9H,4,6H2,1-3H3,(H2,17,18,19,20). The number of aryl methyl sites for hydroxylation is 1. The van der Waals surface area contributed by atoms with Gasteiger partial charge in [0.05, 0.1) is 0 Å². The van der Waals surface area contributed by atoms with Gasteiger partial charge in [-0.2, -0.15) is 0 Å². The Morgan fingerprint density at radius 2 is 1.95 bits per heavy atom. The lowest BCUT2D eigenvalue weighted by atomic mass is 10.2. The smallest absolute Gasteiger partial charge is 0.139 e. The second-order valence-electron chi connectivity index (χ2n) is 4.60. The summed E-state index contributed by atoms with van der Waals surface area (Å²) in [6.07, 6.45) is 1.91.